The lowest BCUT2D eigenvalue weighted by molar-refractivity contribution is -0.127. The SMILES string of the molecule is CCCCCN(C(=O)O)C(=O)CNS(=O)(=O)c1ccccn1. The highest BCUT2D eigenvalue weighted by Crippen LogP contribution is 2.04. The first-order chi connectivity index (χ1) is 10.4. The van der Waals surface area contributed by atoms with E-state index in [1.807, 2.05) is 6.92 Å². The van der Waals surface area contributed by atoms with Crippen LogP contribution in [0.2, 0.25) is 0 Å². The monoisotopic (exact) mass is 329 g/mol. The molecule has 22 heavy (non-hydrogen) atoms. The van der Waals surface area contributed by atoms with Crippen LogP contribution in [0.25, 0.3) is 0 Å². The van der Waals surface area contributed by atoms with Gasteiger partial charge >= 0.3 is 6.09 Å². The Morgan fingerprint density at radius 1 is 1.32 bits per heavy atom. The normalized spacial score (nSPS) is 11.1. The largest absolute Gasteiger partial charge is 0.465 e. The summed E-state index contributed by atoms with van der Waals surface area (Å²) >= 11 is 0. The lowest BCUT2D eigenvalue weighted by Crippen LogP contribution is -2.43. The Hall–Kier alpha value is -2.00. The lowest BCUT2D eigenvalue weighted by Gasteiger charge is -2.17. The number of pyridine rings is 1. The second kappa shape index (κ2) is 8.44. The van der Waals surface area contributed by atoms with Crippen molar-refractivity contribution in [1.29, 1.82) is 0 Å². The Balaban J connectivity index is 2.65. The minimum absolute atomic E-state index is 0.0489. The van der Waals surface area contributed by atoms with Gasteiger partial charge in [-0.1, -0.05) is 25.8 Å². The molecule has 0 atom stereocenters. The number of nitrogens with zero attached hydrogens (tertiary/aromatic N) is 2. The fraction of sp³-hybridized carbons (Fsp3) is 0.462. The van der Waals surface area contributed by atoms with Crippen LogP contribution < -0.4 is 4.72 Å². The number of aromatic nitrogens is 1. The Morgan fingerprint density at radius 3 is 2.59 bits per heavy atom. The van der Waals surface area contributed by atoms with Crippen LogP contribution in [0.5, 0.6) is 0 Å². The van der Waals surface area contributed by atoms with Gasteiger partial charge < -0.3 is 5.11 Å². The molecule has 2 amide bonds. The van der Waals surface area contributed by atoms with E-state index in [1.54, 1.807) is 6.07 Å². The quantitative estimate of drug-likeness (QED) is 0.689. The van der Waals surface area contributed by atoms with Gasteiger partial charge in [-0.3, -0.25) is 4.79 Å². The summed E-state index contributed by atoms with van der Waals surface area (Å²) in [7, 11) is -3.94. The van der Waals surface area contributed by atoms with E-state index < -0.39 is 28.6 Å². The number of rotatable bonds is 8. The molecule has 1 aromatic heterocycles. The first-order valence-electron chi connectivity index (χ1n) is 6.82. The van der Waals surface area contributed by atoms with E-state index in [2.05, 4.69) is 9.71 Å². The van der Waals surface area contributed by atoms with Crippen LogP contribution in [-0.4, -0.2) is 48.5 Å². The summed E-state index contributed by atoms with van der Waals surface area (Å²) in [6, 6.07) is 4.34. The van der Waals surface area contributed by atoms with E-state index in [-0.39, 0.29) is 11.6 Å². The molecule has 1 heterocycles. The van der Waals surface area contributed by atoms with Crippen LogP contribution >= 0.6 is 0 Å². The summed E-state index contributed by atoms with van der Waals surface area (Å²) in [5.41, 5.74) is 0. The number of amides is 2. The highest BCUT2D eigenvalue weighted by molar-refractivity contribution is 7.89. The van der Waals surface area contributed by atoms with Crippen molar-refractivity contribution in [2.45, 2.75) is 31.2 Å². The Bertz CT molecular complexity index is 603. The van der Waals surface area contributed by atoms with Gasteiger partial charge in [-0.05, 0) is 18.6 Å². The Labute approximate surface area is 129 Å². The first kappa shape index (κ1) is 18.1. The van der Waals surface area contributed by atoms with Crippen LogP contribution in [0, 0.1) is 0 Å². The second-order valence-electron chi connectivity index (χ2n) is 4.53. The fourth-order valence-corrected chi connectivity index (χ4v) is 2.60. The number of carbonyl (C=O) groups excluding carboxylic acids is 1. The van der Waals surface area contributed by atoms with Crippen molar-refractivity contribution in [3.05, 3.63) is 24.4 Å². The van der Waals surface area contributed by atoms with Crippen LogP contribution in [0.15, 0.2) is 29.4 Å². The van der Waals surface area contributed by atoms with Crippen molar-refractivity contribution in [2.75, 3.05) is 13.1 Å². The number of nitrogens with one attached hydrogen (secondary N) is 1. The van der Waals surface area contributed by atoms with Crippen molar-refractivity contribution in [3.8, 4) is 0 Å². The standard InChI is InChI=1S/C13H19N3O5S/c1-2-3-6-9-16(13(18)19)12(17)10-15-22(20,21)11-7-4-5-8-14-11/h4-5,7-8,15H,2-3,6,9-10H2,1H3,(H,18,19). The van der Waals surface area contributed by atoms with E-state index in [0.29, 0.717) is 11.3 Å². The van der Waals surface area contributed by atoms with Gasteiger partial charge in [0.1, 0.15) is 0 Å². The van der Waals surface area contributed by atoms with Crippen LogP contribution in [-0.2, 0) is 14.8 Å². The Kier molecular flexibility index (Phi) is 6.93. The number of carboxylic acid groups (broad SMARTS) is 1. The number of sulfonamides is 1. The average Bonchev–Trinajstić information content (AvgIpc) is 2.50. The molecule has 0 saturated heterocycles. The molecular formula is C13H19N3O5S. The van der Waals surface area contributed by atoms with E-state index >= 15 is 0 Å². The molecule has 0 saturated carbocycles. The molecule has 0 fully saturated rings. The minimum Gasteiger partial charge on any atom is -0.465 e. The molecule has 9 heteroatoms. The maximum Gasteiger partial charge on any atom is 0.414 e. The maximum absolute atomic E-state index is 11.9. The number of hydrogen-bond donors (Lipinski definition) is 2. The average molecular weight is 329 g/mol. The molecule has 2 N–H and O–H groups in total. The molecule has 1 aromatic rings. The number of unbranched alkanes of at least 4 members (excludes halogenated alkanes) is 2. The van der Waals surface area contributed by atoms with Gasteiger partial charge in [0.25, 0.3) is 10.0 Å². The number of carbonyl (C=O) groups is 2. The van der Waals surface area contributed by atoms with Gasteiger partial charge in [0.05, 0.1) is 6.54 Å². The smallest absolute Gasteiger partial charge is 0.414 e. The van der Waals surface area contributed by atoms with Crippen molar-refractivity contribution in [3.63, 3.8) is 0 Å². The lowest BCUT2D eigenvalue weighted by atomic mass is 10.2. The predicted molar refractivity (Wildman–Crippen MR) is 78.7 cm³/mol. The molecule has 0 aromatic carbocycles. The zero-order chi connectivity index (χ0) is 16.6. The van der Waals surface area contributed by atoms with Crippen molar-refractivity contribution < 1.29 is 23.1 Å². The molecule has 0 radical (unpaired) electrons. The molecule has 122 valence electrons. The summed E-state index contributed by atoms with van der Waals surface area (Å²) in [6.07, 6.45) is 2.13. The van der Waals surface area contributed by atoms with Crippen molar-refractivity contribution in [2.24, 2.45) is 0 Å². The van der Waals surface area contributed by atoms with E-state index in [9.17, 15) is 18.0 Å². The maximum atomic E-state index is 11.9. The molecule has 8 nitrogen and oxygen atoms in total. The van der Waals surface area contributed by atoms with Crippen LogP contribution in [0.4, 0.5) is 4.79 Å². The minimum atomic E-state index is -3.94. The third-order valence-corrected chi connectivity index (χ3v) is 4.16. The van der Waals surface area contributed by atoms with Crippen LogP contribution in [0.3, 0.4) is 0 Å². The molecule has 0 bridgehead atoms. The molecule has 1 rings (SSSR count). The third-order valence-electron chi connectivity index (χ3n) is 2.84. The summed E-state index contributed by atoms with van der Waals surface area (Å²) in [5, 5.41) is 8.78. The first-order valence-corrected chi connectivity index (χ1v) is 8.30. The van der Waals surface area contributed by atoms with E-state index in [1.165, 1.54) is 18.3 Å². The van der Waals surface area contributed by atoms with Crippen molar-refractivity contribution in [1.82, 2.24) is 14.6 Å². The summed E-state index contributed by atoms with van der Waals surface area (Å²) in [4.78, 5) is 27.2. The van der Waals surface area contributed by atoms with Gasteiger partial charge in [-0.25, -0.2) is 27.8 Å². The second-order valence-corrected chi connectivity index (χ2v) is 6.24. The molecule has 0 aliphatic heterocycles. The molecule has 0 unspecified atom stereocenters. The van der Waals surface area contributed by atoms with Crippen LogP contribution in [0.1, 0.15) is 26.2 Å². The summed E-state index contributed by atoms with van der Waals surface area (Å²) in [6.45, 7) is 1.37. The van der Waals surface area contributed by atoms with E-state index in [4.69, 9.17) is 5.11 Å². The fourth-order valence-electron chi connectivity index (χ4n) is 1.68. The van der Waals surface area contributed by atoms with Crippen molar-refractivity contribution >= 4 is 22.0 Å². The number of hydrogen-bond acceptors (Lipinski definition) is 5. The third kappa shape index (κ3) is 5.41. The van der Waals surface area contributed by atoms with Gasteiger partial charge in [0, 0.05) is 12.7 Å². The predicted octanol–water partition coefficient (Wildman–Crippen LogP) is 1.06. The van der Waals surface area contributed by atoms with Gasteiger partial charge in [-0.15, -0.1) is 0 Å². The highest BCUT2D eigenvalue weighted by Gasteiger charge is 2.23. The topological polar surface area (TPSA) is 117 Å². The summed E-state index contributed by atoms with van der Waals surface area (Å²) < 4.78 is 25.9. The zero-order valence-electron chi connectivity index (χ0n) is 12.2. The zero-order valence-corrected chi connectivity index (χ0v) is 13.0. The molecular weight excluding hydrogens is 310 g/mol. The molecule has 0 aliphatic carbocycles. The summed E-state index contributed by atoms with van der Waals surface area (Å²) in [5.74, 6) is -0.817. The van der Waals surface area contributed by atoms with E-state index in [0.717, 1.165) is 12.8 Å². The number of imide groups is 1. The van der Waals surface area contributed by atoms with Gasteiger partial charge in [-0.2, -0.15) is 0 Å². The highest BCUT2D eigenvalue weighted by atomic mass is 32.2. The van der Waals surface area contributed by atoms with Gasteiger partial charge in [0.15, 0.2) is 5.03 Å². The van der Waals surface area contributed by atoms with Gasteiger partial charge in [0.2, 0.25) is 5.91 Å². The Morgan fingerprint density at radius 2 is 2.05 bits per heavy atom. The molecule has 0 aliphatic rings. The molecule has 0 spiro atoms.